The minimum Gasteiger partial charge on any atom is -0.543 e. The second-order valence-electron chi connectivity index (χ2n) is 5.93. The number of benzene rings is 1. The highest BCUT2D eigenvalue weighted by atomic mass is 16.4. The average molecular weight is 546 g/mol. The summed E-state index contributed by atoms with van der Waals surface area (Å²) < 4.78 is 6.15. The molecule has 4 rings (SSSR count). The summed E-state index contributed by atoms with van der Waals surface area (Å²) in [7, 11) is 0. The summed E-state index contributed by atoms with van der Waals surface area (Å²) in [6, 6.07) is 6.41. The fraction of sp³-hybridized carbons (Fsp3) is 0. The van der Waals surface area contributed by atoms with Gasteiger partial charge in [0, 0.05) is 18.2 Å². The van der Waals surface area contributed by atoms with Gasteiger partial charge in [-0.3, -0.25) is 0 Å². The lowest BCUT2D eigenvalue weighted by molar-refractivity contribution is -0.610. The van der Waals surface area contributed by atoms with E-state index in [1.165, 1.54) is 0 Å². The van der Waals surface area contributed by atoms with Crippen molar-refractivity contribution in [3.8, 4) is 17.1 Å². The number of H-pyrrole nitrogens is 3. The second kappa shape index (κ2) is 18.8. The zero-order valence-electron chi connectivity index (χ0n) is 19.1. The van der Waals surface area contributed by atoms with Crippen LogP contribution in [0.1, 0.15) is 0 Å². The molecule has 0 bridgehead atoms. The van der Waals surface area contributed by atoms with Crippen LogP contribution in [0.3, 0.4) is 0 Å². The van der Waals surface area contributed by atoms with E-state index in [1.54, 1.807) is 0 Å². The first-order valence-corrected chi connectivity index (χ1v) is 8.84. The zero-order valence-corrected chi connectivity index (χ0v) is 19.1. The minimum atomic E-state index is -2.19. The molecule has 19 heteroatoms. The van der Waals surface area contributed by atoms with Gasteiger partial charge in [0.15, 0.2) is 5.97 Å². The molecule has 1 aromatic carbocycles. The number of imidazole rings is 3. The van der Waals surface area contributed by atoms with Gasteiger partial charge < -0.3 is 62.2 Å². The second-order valence-corrected chi connectivity index (χ2v) is 5.93. The minimum absolute atomic E-state index is 0. The van der Waals surface area contributed by atoms with Gasteiger partial charge in [0.1, 0.15) is 54.2 Å². The van der Waals surface area contributed by atoms with Crippen LogP contribution in [0.4, 0.5) is 0 Å². The first kappa shape index (κ1) is 39.7. The van der Waals surface area contributed by atoms with Gasteiger partial charge >= 0.3 is 5.97 Å². The van der Waals surface area contributed by atoms with Crippen LogP contribution < -0.4 is 29.0 Å². The maximum atomic E-state index is 9.04. The van der Waals surface area contributed by atoms with Crippen molar-refractivity contribution >= 4 is 23.9 Å². The van der Waals surface area contributed by atoms with Gasteiger partial charge in [-0.05, 0) is 0 Å². The van der Waals surface area contributed by atoms with Crippen LogP contribution in [0.15, 0.2) is 74.4 Å². The SMILES string of the molecule is O.O.O.O.O.O=C([O-])C(=O)O.O=C([O-])C(=O)[O-].c1c[n+](-c2cc(-[n+]3cc[nH]c3)cc(-[n+]3cc[nH]c3)c2)c[nH]1. The molecular weight excluding hydrogens is 520 g/mol. The molecule has 19 nitrogen and oxygen atoms in total. The van der Waals surface area contributed by atoms with Gasteiger partial charge in [0.05, 0.1) is 11.9 Å². The molecule has 38 heavy (non-hydrogen) atoms. The highest BCUT2D eigenvalue weighted by Crippen LogP contribution is 2.10. The van der Waals surface area contributed by atoms with Crippen LogP contribution in [0.25, 0.3) is 17.1 Å². The number of hydrogen-bond donors (Lipinski definition) is 4. The van der Waals surface area contributed by atoms with Crippen LogP contribution in [0, 0.1) is 0 Å². The molecule has 0 radical (unpaired) electrons. The first-order valence-electron chi connectivity index (χ1n) is 8.84. The Kier molecular flexibility index (Phi) is 19.7. The molecule has 4 aromatic rings. The Hall–Kier alpha value is -5.47. The van der Waals surface area contributed by atoms with Crippen molar-refractivity contribution in [1.82, 2.24) is 15.0 Å². The summed E-state index contributed by atoms with van der Waals surface area (Å²) in [5.74, 6) is -8.38. The molecule has 0 aliphatic rings. The van der Waals surface area contributed by atoms with Crippen molar-refractivity contribution in [2.75, 3.05) is 0 Å². The van der Waals surface area contributed by atoms with E-state index in [2.05, 4.69) is 33.2 Å². The summed E-state index contributed by atoms with van der Waals surface area (Å²) in [4.78, 5) is 45.1. The van der Waals surface area contributed by atoms with Gasteiger partial charge in [-0.25, -0.2) is 33.4 Å². The molecule has 0 saturated heterocycles. The van der Waals surface area contributed by atoms with Gasteiger partial charge in [0.25, 0.3) is 0 Å². The lowest BCUT2D eigenvalue weighted by Gasteiger charge is -2.02. The number of nitrogens with zero attached hydrogens (tertiary/aromatic N) is 3. The van der Waals surface area contributed by atoms with Gasteiger partial charge in [-0.1, -0.05) is 0 Å². The third-order valence-corrected chi connectivity index (χ3v) is 3.76. The lowest BCUT2D eigenvalue weighted by Crippen LogP contribution is -2.42. The summed E-state index contributed by atoms with van der Waals surface area (Å²) in [6.07, 6.45) is 17.5. The zero-order chi connectivity index (χ0) is 24.4. The Balaban J connectivity index is -0.000000293. The number of hydrogen-bond acceptors (Lipinski definition) is 7. The fourth-order valence-electron chi connectivity index (χ4n) is 2.38. The average Bonchev–Trinajstić information content (AvgIpc) is 3.58. The fourth-order valence-corrected chi connectivity index (χ4v) is 2.38. The monoisotopic (exact) mass is 546 g/mol. The van der Waals surface area contributed by atoms with Crippen molar-refractivity contribution in [2.45, 2.75) is 0 Å². The van der Waals surface area contributed by atoms with Crippen molar-refractivity contribution in [3.63, 3.8) is 0 Å². The van der Waals surface area contributed by atoms with Crippen molar-refractivity contribution in [2.24, 2.45) is 0 Å². The number of carbonyl (C=O) groups is 4. The standard InChI is InChI=1S/C15H12N6.2C2H2O4.5H2O/c1-4-19(10-16-1)13-7-14(20-5-2-17-11-20)9-15(8-13)21-6-3-18-12-21;2*3-1(4)2(5)6;;;;;/h1-12H;2*(H,3,4)(H,5,6);5*1H2. The molecule has 0 atom stereocenters. The normalized spacial score (nSPS) is 8.32. The van der Waals surface area contributed by atoms with E-state index >= 15 is 0 Å². The van der Waals surface area contributed by atoms with Gasteiger partial charge in [-0.2, -0.15) is 0 Å². The molecular formula is C19H26N6O13. The summed E-state index contributed by atoms with van der Waals surface area (Å²) >= 11 is 0. The summed E-state index contributed by atoms with van der Waals surface area (Å²) in [5.41, 5.74) is 3.27. The van der Waals surface area contributed by atoms with Crippen LogP contribution >= 0.6 is 0 Å². The van der Waals surface area contributed by atoms with E-state index in [9.17, 15) is 0 Å². The third-order valence-electron chi connectivity index (χ3n) is 3.76. The predicted molar refractivity (Wildman–Crippen MR) is 115 cm³/mol. The molecule has 14 N–H and O–H groups in total. The smallest absolute Gasteiger partial charge is 0.351 e. The van der Waals surface area contributed by atoms with Crippen LogP contribution in [0.5, 0.6) is 0 Å². The number of nitrogens with one attached hydrogen (secondary N) is 3. The molecule has 0 spiro atoms. The first-order chi connectivity index (χ1) is 15.7. The number of rotatable bonds is 3. The number of carbonyl (C=O) groups excluding carboxylic acids is 3. The van der Waals surface area contributed by atoms with Gasteiger partial charge in [0.2, 0.25) is 19.0 Å². The Bertz CT molecular complexity index is 1050. The van der Waals surface area contributed by atoms with E-state index in [-0.39, 0.29) is 27.4 Å². The number of carboxylic acids is 4. The molecule has 0 aliphatic carbocycles. The Morgan fingerprint density at radius 1 is 0.553 bits per heavy atom. The third kappa shape index (κ3) is 11.8. The molecule has 3 heterocycles. The van der Waals surface area contributed by atoms with Crippen molar-refractivity contribution in [1.29, 1.82) is 0 Å². The van der Waals surface area contributed by atoms with E-state index in [0.29, 0.717) is 0 Å². The summed E-state index contributed by atoms with van der Waals surface area (Å²) in [6.45, 7) is 0. The van der Waals surface area contributed by atoms with Crippen LogP contribution in [-0.4, -0.2) is 71.3 Å². The quantitative estimate of drug-likeness (QED) is 0.141. The van der Waals surface area contributed by atoms with E-state index < -0.39 is 23.9 Å². The van der Waals surface area contributed by atoms with Crippen molar-refractivity contribution in [3.05, 3.63) is 74.4 Å². The number of carboxylic acid groups (broad SMARTS) is 4. The Morgan fingerprint density at radius 2 is 0.789 bits per heavy atom. The molecule has 0 saturated carbocycles. The van der Waals surface area contributed by atoms with E-state index in [1.807, 2.05) is 69.9 Å². The highest BCUT2D eigenvalue weighted by molar-refractivity contribution is 6.26. The topological polar surface area (TPSA) is 374 Å². The Labute approximate surface area is 211 Å². The molecule has 3 aromatic heterocycles. The molecule has 0 amide bonds. The van der Waals surface area contributed by atoms with E-state index in [0.717, 1.165) is 17.1 Å². The Morgan fingerprint density at radius 3 is 0.921 bits per heavy atom. The molecule has 0 unspecified atom stereocenters. The van der Waals surface area contributed by atoms with Crippen LogP contribution in [0.2, 0.25) is 0 Å². The van der Waals surface area contributed by atoms with E-state index in [4.69, 9.17) is 39.6 Å². The highest BCUT2D eigenvalue weighted by Gasteiger charge is 2.14. The summed E-state index contributed by atoms with van der Waals surface area (Å²) in [5, 5.41) is 34.2. The maximum Gasteiger partial charge on any atom is 0.351 e. The molecule has 0 fully saturated rings. The molecule has 210 valence electrons. The largest absolute Gasteiger partial charge is 0.543 e. The maximum absolute atomic E-state index is 9.04. The van der Waals surface area contributed by atoms with Crippen LogP contribution in [-0.2, 0) is 19.2 Å². The van der Waals surface area contributed by atoms with Gasteiger partial charge in [-0.15, -0.1) is 0 Å². The predicted octanol–water partition coefficient (Wildman–Crippen LogP) is -9.32. The number of aromatic nitrogens is 6. The molecule has 0 aliphatic heterocycles. The number of aromatic amines is 3. The lowest BCUT2D eigenvalue weighted by atomic mass is 10.2. The number of aliphatic carboxylic acids is 4. The van der Waals surface area contributed by atoms with Crippen molar-refractivity contribution < 1.29 is 80.7 Å².